The van der Waals surface area contributed by atoms with E-state index in [0.717, 1.165) is 4.90 Å². The highest BCUT2D eigenvalue weighted by molar-refractivity contribution is 7.89. The molecule has 1 aliphatic heterocycles. The molecule has 0 bridgehead atoms. The molecule has 0 aromatic carbocycles. The predicted molar refractivity (Wildman–Crippen MR) is 65.6 cm³/mol. The van der Waals surface area contributed by atoms with Gasteiger partial charge in [0.25, 0.3) is 10.1 Å². The lowest BCUT2D eigenvalue weighted by atomic mass is 10.1. The number of carbonyl (C=O) groups is 2. The lowest BCUT2D eigenvalue weighted by molar-refractivity contribution is -0.147. The molecule has 0 aromatic rings. The van der Waals surface area contributed by atoms with E-state index in [0.29, 0.717) is 0 Å². The van der Waals surface area contributed by atoms with Gasteiger partial charge in [-0.05, 0) is 0 Å². The average molecular weight is 330 g/mol. The number of carboxylic acid groups (broad SMARTS) is 1. The van der Waals surface area contributed by atoms with E-state index in [2.05, 4.69) is 0 Å². The van der Waals surface area contributed by atoms with Gasteiger partial charge in [0.05, 0.1) is 5.75 Å². The third kappa shape index (κ3) is 5.03. The van der Waals surface area contributed by atoms with E-state index < -0.39 is 55.5 Å². The standard InChI is InChI=1S/C8H14N2O8S2/c9-19(14,15)3-5-1-7(11)10(2-5)6(8(12)13)4-20(16,17)18/h5-6H,1-4H2,(H,12,13)(H2,9,14,15)(H,16,17,18). The van der Waals surface area contributed by atoms with Crippen molar-refractivity contribution < 1.29 is 36.1 Å². The zero-order valence-corrected chi connectivity index (χ0v) is 11.8. The highest BCUT2D eigenvalue weighted by Gasteiger charge is 2.40. The second-order valence-electron chi connectivity index (χ2n) is 4.55. The molecule has 0 aliphatic carbocycles. The topological polar surface area (TPSA) is 172 Å². The van der Waals surface area contributed by atoms with Gasteiger partial charge in [0.15, 0.2) is 0 Å². The molecule has 0 aromatic heterocycles. The highest BCUT2D eigenvalue weighted by atomic mass is 32.2. The number of nitrogens with zero attached hydrogens (tertiary/aromatic N) is 1. The van der Waals surface area contributed by atoms with Crippen LogP contribution in [0.4, 0.5) is 0 Å². The summed E-state index contributed by atoms with van der Waals surface area (Å²) in [7, 11) is -8.43. The normalized spacial score (nSPS) is 22.0. The highest BCUT2D eigenvalue weighted by Crippen LogP contribution is 2.22. The minimum atomic E-state index is -4.60. The lowest BCUT2D eigenvalue weighted by Gasteiger charge is -2.23. The Morgan fingerprint density at radius 3 is 2.35 bits per heavy atom. The largest absolute Gasteiger partial charge is 0.480 e. The Bertz CT molecular complexity index is 610. The van der Waals surface area contributed by atoms with Gasteiger partial charge in [-0.15, -0.1) is 0 Å². The zero-order valence-electron chi connectivity index (χ0n) is 10.2. The summed E-state index contributed by atoms with van der Waals surface area (Å²) in [5.41, 5.74) is 0. The third-order valence-electron chi connectivity index (χ3n) is 2.74. The van der Waals surface area contributed by atoms with Crippen molar-refractivity contribution in [3.8, 4) is 0 Å². The minimum absolute atomic E-state index is 0.244. The predicted octanol–water partition coefficient (Wildman–Crippen LogP) is -2.54. The first kappa shape index (κ1) is 16.8. The van der Waals surface area contributed by atoms with Crippen LogP contribution in [-0.2, 0) is 29.7 Å². The van der Waals surface area contributed by atoms with Crippen LogP contribution >= 0.6 is 0 Å². The van der Waals surface area contributed by atoms with Crippen LogP contribution in [0.2, 0.25) is 0 Å². The van der Waals surface area contributed by atoms with Crippen LogP contribution < -0.4 is 5.14 Å². The molecular formula is C8H14N2O8S2. The van der Waals surface area contributed by atoms with Gasteiger partial charge in [-0.1, -0.05) is 0 Å². The number of amides is 1. The van der Waals surface area contributed by atoms with Crippen LogP contribution in [0.15, 0.2) is 0 Å². The maximum atomic E-state index is 11.7. The Morgan fingerprint density at radius 2 is 1.95 bits per heavy atom. The summed E-state index contributed by atoms with van der Waals surface area (Å²) in [6.45, 7) is -0.248. The van der Waals surface area contributed by atoms with Crippen LogP contribution in [0.3, 0.4) is 0 Å². The number of carboxylic acids is 1. The summed E-state index contributed by atoms with van der Waals surface area (Å²) < 4.78 is 52.1. The van der Waals surface area contributed by atoms with E-state index in [1.54, 1.807) is 0 Å². The van der Waals surface area contributed by atoms with E-state index in [1.165, 1.54) is 0 Å². The third-order valence-corrected chi connectivity index (χ3v) is 4.41. The molecule has 2 atom stereocenters. The molecule has 4 N–H and O–H groups in total. The van der Waals surface area contributed by atoms with Crippen molar-refractivity contribution in [2.45, 2.75) is 12.5 Å². The van der Waals surface area contributed by atoms with Gasteiger partial charge in [0, 0.05) is 18.9 Å². The molecule has 20 heavy (non-hydrogen) atoms. The van der Waals surface area contributed by atoms with Crippen molar-refractivity contribution in [1.29, 1.82) is 0 Å². The summed E-state index contributed by atoms with van der Waals surface area (Å²) in [5.74, 6) is -4.67. The van der Waals surface area contributed by atoms with Gasteiger partial charge in [-0.25, -0.2) is 18.4 Å². The van der Waals surface area contributed by atoms with E-state index in [1.807, 2.05) is 0 Å². The fourth-order valence-electron chi connectivity index (χ4n) is 2.04. The Labute approximate surface area is 115 Å². The van der Waals surface area contributed by atoms with E-state index in [-0.39, 0.29) is 13.0 Å². The number of aliphatic carboxylic acids is 1. The van der Waals surface area contributed by atoms with Gasteiger partial charge >= 0.3 is 5.97 Å². The molecular weight excluding hydrogens is 316 g/mol. The molecule has 0 radical (unpaired) electrons. The van der Waals surface area contributed by atoms with E-state index in [9.17, 15) is 26.4 Å². The number of nitrogens with two attached hydrogens (primary N) is 1. The SMILES string of the molecule is NS(=O)(=O)CC1CC(=O)N(C(CS(=O)(=O)O)C(=O)O)C1. The maximum Gasteiger partial charge on any atom is 0.327 e. The molecule has 1 heterocycles. The molecule has 1 aliphatic rings. The van der Waals surface area contributed by atoms with Gasteiger partial charge < -0.3 is 10.0 Å². The smallest absolute Gasteiger partial charge is 0.327 e. The average Bonchev–Trinajstić information content (AvgIpc) is 2.51. The molecule has 10 nitrogen and oxygen atoms in total. The molecule has 1 rings (SSSR count). The summed E-state index contributed by atoms with van der Waals surface area (Å²) >= 11 is 0. The molecule has 0 saturated carbocycles. The van der Waals surface area contributed by atoms with Crippen LogP contribution in [0.25, 0.3) is 0 Å². The fraction of sp³-hybridized carbons (Fsp3) is 0.750. The van der Waals surface area contributed by atoms with E-state index in [4.69, 9.17) is 14.8 Å². The number of likely N-dealkylation sites (tertiary alicyclic amines) is 1. The van der Waals surface area contributed by atoms with Gasteiger partial charge in [0.1, 0.15) is 11.8 Å². The number of sulfonamides is 1. The first-order valence-corrected chi connectivity index (χ1v) is 8.69. The van der Waals surface area contributed by atoms with Crippen LogP contribution in [0, 0.1) is 5.92 Å². The van der Waals surface area contributed by atoms with Crippen LogP contribution in [0.1, 0.15) is 6.42 Å². The van der Waals surface area contributed by atoms with Crippen molar-refractivity contribution in [1.82, 2.24) is 4.90 Å². The van der Waals surface area contributed by atoms with Crippen molar-refractivity contribution in [2.75, 3.05) is 18.1 Å². The number of rotatable bonds is 6. The Kier molecular flexibility index (Phi) is 4.74. The first-order valence-electron chi connectivity index (χ1n) is 5.37. The van der Waals surface area contributed by atoms with Gasteiger partial charge in [-0.2, -0.15) is 8.42 Å². The quantitative estimate of drug-likeness (QED) is 0.447. The molecule has 2 unspecified atom stereocenters. The summed E-state index contributed by atoms with van der Waals surface area (Å²) in [4.78, 5) is 23.4. The Hall–Kier alpha value is -1.24. The molecule has 1 amide bonds. The lowest BCUT2D eigenvalue weighted by Crippen LogP contribution is -2.46. The van der Waals surface area contributed by atoms with Crippen LogP contribution in [-0.4, -0.2) is 67.4 Å². The fourth-order valence-corrected chi connectivity index (χ4v) is 3.65. The zero-order chi connectivity index (χ0) is 15.7. The minimum Gasteiger partial charge on any atom is -0.480 e. The van der Waals surface area contributed by atoms with Gasteiger partial charge in [0.2, 0.25) is 15.9 Å². The molecule has 116 valence electrons. The second-order valence-corrected chi connectivity index (χ2v) is 7.70. The Balaban J connectivity index is 2.89. The monoisotopic (exact) mass is 330 g/mol. The molecule has 1 fully saturated rings. The summed E-state index contributed by atoms with van der Waals surface area (Å²) in [6, 6.07) is -1.76. The van der Waals surface area contributed by atoms with Crippen molar-refractivity contribution in [3.63, 3.8) is 0 Å². The summed E-state index contributed by atoms with van der Waals surface area (Å²) in [6.07, 6.45) is -0.244. The first-order chi connectivity index (χ1) is 8.89. The van der Waals surface area contributed by atoms with Crippen molar-refractivity contribution in [3.05, 3.63) is 0 Å². The van der Waals surface area contributed by atoms with Gasteiger partial charge in [-0.3, -0.25) is 9.35 Å². The molecule has 1 saturated heterocycles. The van der Waals surface area contributed by atoms with E-state index >= 15 is 0 Å². The number of hydrogen-bond donors (Lipinski definition) is 3. The molecule has 0 spiro atoms. The Morgan fingerprint density at radius 1 is 1.40 bits per heavy atom. The van der Waals surface area contributed by atoms with Crippen LogP contribution in [0.5, 0.6) is 0 Å². The second kappa shape index (κ2) is 5.63. The molecule has 12 heteroatoms. The number of primary sulfonamides is 1. The number of carbonyl (C=O) groups excluding carboxylic acids is 1. The summed E-state index contributed by atoms with van der Waals surface area (Å²) in [5, 5.41) is 13.8. The maximum absolute atomic E-state index is 11.7. The van der Waals surface area contributed by atoms with Crippen molar-refractivity contribution >= 4 is 32.0 Å². The van der Waals surface area contributed by atoms with Crippen molar-refractivity contribution in [2.24, 2.45) is 11.1 Å². The number of hydrogen-bond acceptors (Lipinski definition) is 6.